The predicted molar refractivity (Wildman–Crippen MR) is 117 cm³/mol. The maximum atomic E-state index is 12.8. The zero-order valence-corrected chi connectivity index (χ0v) is 17.7. The molecule has 0 aliphatic carbocycles. The fraction of sp³-hybridized carbons (Fsp3) is 0.375. The third kappa shape index (κ3) is 5.05. The lowest BCUT2D eigenvalue weighted by molar-refractivity contribution is -0.131. The first-order chi connectivity index (χ1) is 15.0. The summed E-state index contributed by atoms with van der Waals surface area (Å²) in [5, 5.41) is 2.69. The number of ether oxygens (including phenoxy) is 1. The predicted octanol–water partition coefficient (Wildman–Crippen LogP) is 2.67. The summed E-state index contributed by atoms with van der Waals surface area (Å²) in [5.41, 5.74) is 4.09. The van der Waals surface area contributed by atoms with E-state index >= 15 is 0 Å². The lowest BCUT2D eigenvalue weighted by Gasteiger charge is -2.21. The average Bonchev–Trinajstić information content (AvgIpc) is 2.99. The quantitative estimate of drug-likeness (QED) is 0.805. The van der Waals surface area contributed by atoms with Gasteiger partial charge in [-0.25, -0.2) is 4.79 Å². The maximum Gasteiger partial charge on any atom is 0.414 e. The Morgan fingerprint density at radius 3 is 2.71 bits per heavy atom. The van der Waals surface area contributed by atoms with Crippen LogP contribution in [0.4, 0.5) is 10.5 Å². The minimum Gasteiger partial charge on any atom is -0.442 e. The van der Waals surface area contributed by atoms with Gasteiger partial charge in [-0.05, 0) is 41.7 Å². The van der Waals surface area contributed by atoms with Gasteiger partial charge in [-0.2, -0.15) is 0 Å². The van der Waals surface area contributed by atoms with E-state index in [1.54, 1.807) is 4.90 Å². The number of nitrogens with one attached hydrogen (secondary N) is 1. The zero-order valence-electron chi connectivity index (χ0n) is 17.7. The van der Waals surface area contributed by atoms with Crippen LogP contribution in [0.1, 0.15) is 30.0 Å². The van der Waals surface area contributed by atoms with Crippen molar-refractivity contribution in [3.8, 4) is 0 Å². The van der Waals surface area contributed by atoms with E-state index in [1.807, 2.05) is 53.4 Å². The van der Waals surface area contributed by atoms with Gasteiger partial charge >= 0.3 is 6.09 Å². The Kier molecular flexibility index (Phi) is 6.21. The molecule has 0 saturated carbocycles. The topological polar surface area (TPSA) is 79.0 Å². The molecule has 2 heterocycles. The lowest BCUT2D eigenvalue weighted by atomic mass is 10.0. The number of hydrogen-bond acceptors (Lipinski definition) is 4. The largest absolute Gasteiger partial charge is 0.442 e. The fourth-order valence-corrected chi connectivity index (χ4v) is 4.10. The number of fused-ring (bicyclic) bond motifs is 1. The minimum absolute atomic E-state index is 0.132. The molecule has 0 spiro atoms. The van der Waals surface area contributed by atoms with E-state index in [-0.39, 0.29) is 17.9 Å². The fourth-order valence-electron chi connectivity index (χ4n) is 4.10. The van der Waals surface area contributed by atoms with Crippen molar-refractivity contribution in [3.05, 3.63) is 65.2 Å². The summed E-state index contributed by atoms with van der Waals surface area (Å²) in [7, 11) is 0. The Labute approximate surface area is 182 Å². The number of carbonyl (C=O) groups excluding carboxylic acids is 3. The third-order valence-corrected chi connectivity index (χ3v) is 5.74. The summed E-state index contributed by atoms with van der Waals surface area (Å²) in [6.07, 6.45) is 1.39. The van der Waals surface area contributed by atoms with Crippen molar-refractivity contribution < 1.29 is 19.1 Å². The molecule has 2 aromatic rings. The first-order valence-corrected chi connectivity index (χ1v) is 10.7. The van der Waals surface area contributed by atoms with Crippen molar-refractivity contribution in [3.63, 3.8) is 0 Å². The molecule has 0 unspecified atom stereocenters. The van der Waals surface area contributed by atoms with Gasteiger partial charge in [0.2, 0.25) is 11.8 Å². The van der Waals surface area contributed by atoms with Gasteiger partial charge in [-0.15, -0.1) is 0 Å². The van der Waals surface area contributed by atoms with Crippen molar-refractivity contribution >= 4 is 23.6 Å². The SMILES string of the molecule is CC(=O)NC[C@H]1CN(c2ccc3c(c2)CCCN(C(=O)Cc2ccccc2)C3)C(=O)O1. The van der Waals surface area contributed by atoms with Crippen molar-refractivity contribution in [2.24, 2.45) is 0 Å². The van der Waals surface area contributed by atoms with Gasteiger partial charge in [0.15, 0.2) is 0 Å². The van der Waals surface area contributed by atoms with Gasteiger partial charge in [-0.3, -0.25) is 14.5 Å². The molecule has 1 atom stereocenters. The smallest absolute Gasteiger partial charge is 0.414 e. The van der Waals surface area contributed by atoms with Crippen LogP contribution < -0.4 is 10.2 Å². The zero-order chi connectivity index (χ0) is 21.8. The van der Waals surface area contributed by atoms with Gasteiger partial charge in [0.05, 0.1) is 19.5 Å². The van der Waals surface area contributed by atoms with Crippen LogP contribution >= 0.6 is 0 Å². The summed E-state index contributed by atoms with van der Waals surface area (Å²) < 4.78 is 5.37. The molecule has 1 fully saturated rings. The van der Waals surface area contributed by atoms with Gasteiger partial charge in [-0.1, -0.05) is 36.4 Å². The maximum absolute atomic E-state index is 12.8. The van der Waals surface area contributed by atoms with Gasteiger partial charge in [0, 0.05) is 25.7 Å². The molecular formula is C24H27N3O4. The number of rotatable bonds is 5. The average molecular weight is 421 g/mol. The van der Waals surface area contributed by atoms with E-state index in [9.17, 15) is 14.4 Å². The molecule has 1 saturated heterocycles. The number of nitrogens with zero attached hydrogens (tertiary/aromatic N) is 2. The molecule has 162 valence electrons. The van der Waals surface area contributed by atoms with Gasteiger partial charge < -0.3 is 15.0 Å². The molecule has 0 radical (unpaired) electrons. The first-order valence-electron chi connectivity index (χ1n) is 10.7. The van der Waals surface area contributed by atoms with E-state index < -0.39 is 6.09 Å². The van der Waals surface area contributed by atoms with Crippen LogP contribution in [0.5, 0.6) is 0 Å². The molecule has 2 aliphatic rings. The third-order valence-electron chi connectivity index (χ3n) is 5.74. The summed E-state index contributed by atoms with van der Waals surface area (Å²) in [6, 6.07) is 15.8. The second-order valence-corrected chi connectivity index (χ2v) is 8.09. The van der Waals surface area contributed by atoms with Crippen LogP contribution in [0, 0.1) is 0 Å². The number of aryl methyl sites for hydroxylation is 1. The second kappa shape index (κ2) is 9.20. The van der Waals surface area contributed by atoms with Gasteiger partial charge in [0.1, 0.15) is 6.10 Å². The molecule has 0 aromatic heterocycles. The second-order valence-electron chi connectivity index (χ2n) is 8.09. The Hall–Kier alpha value is -3.35. The molecular weight excluding hydrogens is 394 g/mol. The van der Waals surface area contributed by atoms with Crippen molar-refractivity contribution in [2.45, 2.75) is 38.8 Å². The lowest BCUT2D eigenvalue weighted by Crippen LogP contribution is -2.33. The summed E-state index contributed by atoms with van der Waals surface area (Å²) >= 11 is 0. The summed E-state index contributed by atoms with van der Waals surface area (Å²) in [4.78, 5) is 39.8. The standard InChI is InChI=1S/C24H27N3O4/c1-17(28)25-14-22-16-27(24(30)31-22)21-10-9-20-15-26(11-5-8-19(20)13-21)23(29)12-18-6-3-2-4-7-18/h2-4,6-7,9-10,13,22H,5,8,11-12,14-16H2,1H3,(H,25,28)/t22-/m0/s1. The normalized spacial score (nSPS) is 18.2. The Morgan fingerprint density at radius 1 is 1.13 bits per heavy atom. The van der Waals surface area contributed by atoms with E-state index in [0.29, 0.717) is 26.1 Å². The molecule has 0 bridgehead atoms. The Morgan fingerprint density at radius 2 is 1.94 bits per heavy atom. The molecule has 7 nitrogen and oxygen atoms in total. The highest BCUT2D eigenvalue weighted by Crippen LogP contribution is 2.27. The number of benzene rings is 2. The summed E-state index contributed by atoms with van der Waals surface area (Å²) in [6.45, 7) is 3.45. The first kappa shape index (κ1) is 20.9. The van der Waals surface area contributed by atoms with Crippen LogP contribution in [0.2, 0.25) is 0 Å². The van der Waals surface area contributed by atoms with Crippen molar-refractivity contribution in [1.82, 2.24) is 10.2 Å². The van der Waals surface area contributed by atoms with Crippen LogP contribution in [0.25, 0.3) is 0 Å². The highest BCUT2D eigenvalue weighted by Gasteiger charge is 2.33. The number of carbonyl (C=O) groups is 3. The monoisotopic (exact) mass is 421 g/mol. The van der Waals surface area contributed by atoms with Crippen molar-refractivity contribution in [1.29, 1.82) is 0 Å². The van der Waals surface area contributed by atoms with E-state index in [4.69, 9.17) is 4.74 Å². The van der Waals surface area contributed by atoms with Crippen LogP contribution in [-0.4, -0.2) is 48.5 Å². The highest BCUT2D eigenvalue weighted by atomic mass is 16.6. The Bertz CT molecular complexity index is 976. The van der Waals surface area contributed by atoms with Crippen LogP contribution in [-0.2, 0) is 33.7 Å². The summed E-state index contributed by atoms with van der Waals surface area (Å²) in [5.74, 6) is -0.0158. The van der Waals surface area contributed by atoms with Crippen LogP contribution in [0.15, 0.2) is 48.5 Å². The van der Waals surface area contributed by atoms with Crippen LogP contribution in [0.3, 0.4) is 0 Å². The van der Waals surface area contributed by atoms with Gasteiger partial charge in [0.25, 0.3) is 0 Å². The number of anilines is 1. The molecule has 1 N–H and O–H groups in total. The Balaban J connectivity index is 1.43. The van der Waals surface area contributed by atoms with E-state index in [1.165, 1.54) is 6.92 Å². The van der Waals surface area contributed by atoms with E-state index in [2.05, 4.69) is 5.32 Å². The molecule has 2 aliphatic heterocycles. The molecule has 4 rings (SSSR count). The molecule has 31 heavy (non-hydrogen) atoms. The minimum atomic E-state index is -0.399. The van der Waals surface area contributed by atoms with Crippen molar-refractivity contribution in [2.75, 3.05) is 24.5 Å². The molecule has 2 aromatic carbocycles. The number of amides is 3. The number of cyclic esters (lactones) is 1. The molecule has 7 heteroatoms. The number of hydrogen-bond donors (Lipinski definition) is 1. The van der Waals surface area contributed by atoms with E-state index in [0.717, 1.165) is 41.8 Å². The highest BCUT2D eigenvalue weighted by molar-refractivity contribution is 5.90. The molecule has 3 amide bonds.